The van der Waals surface area contributed by atoms with E-state index in [1.165, 1.54) is 0 Å². The summed E-state index contributed by atoms with van der Waals surface area (Å²) in [4.78, 5) is 20.5. The van der Waals surface area contributed by atoms with Crippen molar-refractivity contribution in [3.8, 4) is 0 Å². The van der Waals surface area contributed by atoms with Crippen molar-refractivity contribution in [2.24, 2.45) is 0 Å². The highest BCUT2D eigenvalue weighted by atomic mass is 16.5. The molecule has 7 heteroatoms. The number of anilines is 1. The van der Waals surface area contributed by atoms with Gasteiger partial charge in [0.1, 0.15) is 5.82 Å². The van der Waals surface area contributed by atoms with Crippen LogP contribution >= 0.6 is 0 Å². The molecule has 0 aliphatic heterocycles. The summed E-state index contributed by atoms with van der Waals surface area (Å²) in [5.74, 6) is 1.78. The van der Waals surface area contributed by atoms with E-state index in [1.807, 2.05) is 44.3 Å². The molecule has 0 spiro atoms. The lowest BCUT2D eigenvalue weighted by atomic mass is 10.2. The molecule has 3 aromatic rings. The molecule has 2 aromatic heterocycles. The van der Waals surface area contributed by atoms with Crippen LogP contribution < -0.4 is 5.32 Å². The highest BCUT2D eigenvalue weighted by molar-refractivity contribution is 5.91. The predicted octanol–water partition coefficient (Wildman–Crippen LogP) is 2.70. The summed E-state index contributed by atoms with van der Waals surface area (Å²) >= 11 is 0. The van der Waals surface area contributed by atoms with Crippen LogP contribution in [-0.4, -0.2) is 25.6 Å². The molecule has 0 atom stereocenters. The van der Waals surface area contributed by atoms with E-state index in [2.05, 4.69) is 25.0 Å². The molecule has 1 amide bonds. The van der Waals surface area contributed by atoms with Gasteiger partial charge in [0, 0.05) is 31.0 Å². The first-order valence-electron chi connectivity index (χ1n) is 8.26. The zero-order valence-corrected chi connectivity index (χ0v) is 14.4. The number of carbonyl (C=O) groups excluding carboxylic acids is 1. The number of hydrogen-bond acceptors (Lipinski definition) is 5. The topological polar surface area (TPSA) is 85.8 Å². The second kappa shape index (κ2) is 7.74. The van der Waals surface area contributed by atoms with Gasteiger partial charge < -0.3 is 14.4 Å². The Bertz CT molecular complexity index is 835. The SMILES string of the molecule is Cc1ccc(NC(=O)Cc2noc(CCCn3ccnc3C)n2)cc1. The van der Waals surface area contributed by atoms with Crippen molar-refractivity contribution in [3.63, 3.8) is 0 Å². The summed E-state index contributed by atoms with van der Waals surface area (Å²) in [6, 6.07) is 7.63. The van der Waals surface area contributed by atoms with E-state index in [9.17, 15) is 4.79 Å². The Hall–Kier alpha value is -2.96. The third kappa shape index (κ3) is 4.76. The second-order valence-corrected chi connectivity index (χ2v) is 5.97. The Labute approximate surface area is 146 Å². The molecular weight excluding hydrogens is 318 g/mol. The molecule has 0 aliphatic carbocycles. The standard InChI is InChI=1S/C18H21N5O2/c1-13-5-7-15(8-6-13)20-17(24)12-16-21-18(25-22-16)4-3-10-23-11-9-19-14(23)2/h5-9,11H,3-4,10,12H2,1-2H3,(H,20,24). The molecule has 7 nitrogen and oxygen atoms in total. The maximum atomic E-state index is 12.0. The molecule has 3 rings (SSSR count). The fourth-order valence-electron chi connectivity index (χ4n) is 2.49. The minimum atomic E-state index is -0.162. The van der Waals surface area contributed by atoms with Crippen LogP contribution in [0.4, 0.5) is 5.69 Å². The van der Waals surface area contributed by atoms with Crippen LogP contribution in [0.15, 0.2) is 41.2 Å². The van der Waals surface area contributed by atoms with Gasteiger partial charge >= 0.3 is 0 Å². The largest absolute Gasteiger partial charge is 0.339 e. The fraction of sp³-hybridized carbons (Fsp3) is 0.333. The van der Waals surface area contributed by atoms with Gasteiger partial charge in [-0.3, -0.25) is 4.79 Å². The number of hydrogen-bond donors (Lipinski definition) is 1. The van der Waals surface area contributed by atoms with Crippen molar-refractivity contribution in [2.45, 2.75) is 39.7 Å². The van der Waals surface area contributed by atoms with Crippen molar-refractivity contribution in [1.82, 2.24) is 19.7 Å². The Balaban J connectivity index is 1.47. The third-order valence-corrected chi connectivity index (χ3v) is 3.88. The van der Waals surface area contributed by atoms with Crippen LogP contribution in [0, 0.1) is 13.8 Å². The maximum Gasteiger partial charge on any atom is 0.232 e. The Morgan fingerprint density at radius 1 is 1.24 bits per heavy atom. The first-order valence-corrected chi connectivity index (χ1v) is 8.26. The van der Waals surface area contributed by atoms with Crippen LogP contribution in [-0.2, 0) is 24.2 Å². The number of nitrogens with one attached hydrogen (secondary N) is 1. The molecule has 130 valence electrons. The average molecular weight is 339 g/mol. The van der Waals surface area contributed by atoms with Crippen LogP contribution in [0.5, 0.6) is 0 Å². The van der Waals surface area contributed by atoms with Crippen molar-refractivity contribution in [1.29, 1.82) is 0 Å². The van der Waals surface area contributed by atoms with Crippen molar-refractivity contribution in [3.05, 3.63) is 59.8 Å². The molecule has 1 N–H and O–H groups in total. The van der Waals surface area contributed by atoms with Crippen molar-refractivity contribution < 1.29 is 9.32 Å². The second-order valence-electron chi connectivity index (χ2n) is 5.97. The number of aromatic nitrogens is 4. The normalized spacial score (nSPS) is 10.8. The highest BCUT2D eigenvalue weighted by Crippen LogP contribution is 2.10. The lowest BCUT2D eigenvalue weighted by molar-refractivity contribution is -0.115. The molecule has 0 aliphatic rings. The summed E-state index contributed by atoms with van der Waals surface area (Å²) < 4.78 is 7.29. The number of amides is 1. The van der Waals surface area contributed by atoms with Gasteiger partial charge in [0.15, 0.2) is 5.82 Å². The summed E-state index contributed by atoms with van der Waals surface area (Å²) in [5, 5.41) is 6.70. The third-order valence-electron chi connectivity index (χ3n) is 3.88. The number of aryl methyl sites for hydroxylation is 4. The van der Waals surface area contributed by atoms with Crippen molar-refractivity contribution >= 4 is 11.6 Å². The summed E-state index contributed by atoms with van der Waals surface area (Å²) in [6.07, 6.45) is 5.37. The Morgan fingerprint density at radius 3 is 2.76 bits per heavy atom. The van der Waals surface area contributed by atoms with Gasteiger partial charge in [0.25, 0.3) is 0 Å². The molecular formula is C18H21N5O2. The van der Waals surface area contributed by atoms with Crippen LogP contribution in [0.25, 0.3) is 0 Å². The Kier molecular flexibility index (Phi) is 5.23. The smallest absolute Gasteiger partial charge is 0.232 e. The lowest BCUT2D eigenvalue weighted by Crippen LogP contribution is -2.15. The zero-order valence-electron chi connectivity index (χ0n) is 14.4. The van der Waals surface area contributed by atoms with E-state index in [4.69, 9.17) is 4.52 Å². The molecule has 0 saturated carbocycles. The number of nitrogens with zero attached hydrogens (tertiary/aromatic N) is 4. The number of rotatable bonds is 7. The molecule has 0 radical (unpaired) electrons. The first kappa shape index (κ1) is 16.9. The van der Waals surface area contributed by atoms with E-state index in [0.717, 1.165) is 30.0 Å². The van der Waals surface area contributed by atoms with Gasteiger partial charge in [-0.15, -0.1) is 0 Å². The fourth-order valence-corrected chi connectivity index (χ4v) is 2.49. The van der Waals surface area contributed by atoms with Crippen LogP contribution in [0.2, 0.25) is 0 Å². The summed E-state index contributed by atoms with van der Waals surface area (Å²) in [5.41, 5.74) is 1.90. The van der Waals surface area contributed by atoms with E-state index >= 15 is 0 Å². The van der Waals surface area contributed by atoms with Crippen LogP contribution in [0.3, 0.4) is 0 Å². The molecule has 0 saturated heterocycles. The monoisotopic (exact) mass is 339 g/mol. The van der Waals surface area contributed by atoms with Crippen molar-refractivity contribution in [2.75, 3.05) is 5.32 Å². The lowest BCUT2D eigenvalue weighted by Gasteiger charge is -2.03. The first-order chi connectivity index (χ1) is 12.1. The zero-order chi connectivity index (χ0) is 17.6. The number of carbonyl (C=O) groups is 1. The number of benzene rings is 1. The molecule has 25 heavy (non-hydrogen) atoms. The molecule has 0 bridgehead atoms. The van der Waals surface area contributed by atoms with E-state index in [1.54, 1.807) is 6.20 Å². The average Bonchev–Trinajstić information content (AvgIpc) is 3.19. The minimum Gasteiger partial charge on any atom is -0.339 e. The number of imidazole rings is 1. The molecule has 1 aromatic carbocycles. The van der Waals surface area contributed by atoms with Gasteiger partial charge in [0.2, 0.25) is 11.8 Å². The van der Waals surface area contributed by atoms with Gasteiger partial charge in [-0.05, 0) is 32.4 Å². The summed E-state index contributed by atoms with van der Waals surface area (Å²) in [6.45, 7) is 4.81. The quantitative estimate of drug-likeness (QED) is 0.715. The Morgan fingerprint density at radius 2 is 2.04 bits per heavy atom. The van der Waals surface area contributed by atoms with Gasteiger partial charge in [-0.1, -0.05) is 22.9 Å². The van der Waals surface area contributed by atoms with Gasteiger partial charge in [-0.2, -0.15) is 4.98 Å². The van der Waals surface area contributed by atoms with Crippen LogP contribution in [0.1, 0.15) is 29.5 Å². The van der Waals surface area contributed by atoms with Gasteiger partial charge in [-0.25, -0.2) is 4.98 Å². The van der Waals surface area contributed by atoms with E-state index in [-0.39, 0.29) is 12.3 Å². The highest BCUT2D eigenvalue weighted by Gasteiger charge is 2.11. The minimum absolute atomic E-state index is 0.0952. The predicted molar refractivity (Wildman–Crippen MR) is 93.1 cm³/mol. The van der Waals surface area contributed by atoms with E-state index in [0.29, 0.717) is 18.1 Å². The van der Waals surface area contributed by atoms with Gasteiger partial charge in [0.05, 0.1) is 6.42 Å². The summed E-state index contributed by atoms with van der Waals surface area (Å²) in [7, 11) is 0. The molecule has 0 fully saturated rings. The van der Waals surface area contributed by atoms with E-state index < -0.39 is 0 Å². The molecule has 2 heterocycles. The maximum absolute atomic E-state index is 12.0. The molecule has 0 unspecified atom stereocenters.